The molecular weight excluding hydrogens is 324 g/mol. The predicted molar refractivity (Wildman–Crippen MR) is 78.5 cm³/mol. The lowest BCUT2D eigenvalue weighted by atomic mass is 10.2. The van der Waals surface area contributed by atoms with E-state index in [-0.39, 0.29) is 42.4 Å². The minimum atomic E-state index is -3.97. The first kappa shape index (κ1) is 17.2. The Bertz CT molecular complexity index is 740. The first-order chi connectivity index (χ1) is 10.9. The molecule has 124 valence electrons. The first-order valence-corrected chi connectivity index (χ1v) is 8.23. The van der Waals surface area contributed by atoms with Crippen LogP contribution in [0.3, 0.4) is 0 Å². The van der Waals surface area contributed by atoms with E-state index in [1.54, 1.807) is 0 Å². The van der Waals surface area contributed by atoms with Crippen LogP contribution in [0.5, 0.6) is 5.75 Å². The zero-order valence-electron chi connectivity index (χ0n) is 12.4. The molecular formula is C14H16N2O6S. The van der Waals surface area contributed by atoms with Gasteiger partial charge in [-0.15, -0.1) is 0 Å². The molecule has 1 aliphatic heterocycles. The molecule has 9 heteroatoms. The van der Waals surface area contributed by atoms with Crippen LogP contribution in [0.2, 0.25) is 0 Å². The number of sulfonamides is 1. The molecule has 1 unspecified atom stereocenters. The molecule has 2 rings (SSSR count). The molecule has 1 N–H and O–H groups in total. The van der Waals surface area contributed by atoms with Crippen LogP contribution in [0.25, 0.3) is 0 Å². The van der Waals surface area contributed by atoms with Crippen LogP contribution < -0.4 is 4.74 Å². The predicted octanol–water partition coefficient (Wildman–Crippen LogP) is 0.431. The molecule has 1 aromatic carbocycles. The quantitative estimate of drug-likeness (QED) is 0.826. The van der Waals surface area contributed by atoms with E-state index in [0.29, 0.717) is 0 Å². The lowest BCUT2D eigenvalue weighted by Crippen LogP contribution is -2.49. The van der Waals surface area contributed by atoms with Crippen molar-refractivity contribution in [2.75, 3.05) is 26.9 Å². The SMILES string of the molecule is COc1cc(C#N)ccc1S(=O)(=O)N1CCOCC1CC(=O)O. The van der Waals surface area contributed by atoms with Gasteiger partial charge >= 0.3 is 5.97 Å². The molecule has 1 saturated heterocycles. The van der Waals surface area contributed by atoms with Crippen LogP contribution in [0, 0.1) is 11.3 Å². The maximum atomic E-state index is 12.9. The number of aliphatic carboxylic acids is 1. The number of benzene rings is 1. The number of nitrogens with zero attached hydrogens (tertiary/aromatic N) is 2. The van der Waals surface area contributed by atoms with E-state index in [2.05, 4.69) is 0 Å². The van der Waals surface area contributed by atoms with Gasteiger partial charge in [0.25, 0.3) is 0 Å². The summed E-state index contributed by atoms with van der Waals surface area (Å²) in [6, 6.07) is 5.12. The van der Waals surface area contributed by atoms with E-state index in [9.17, 15) is 13.2 Å². The number of hydrogen-bond acceptors (Lipinski definition) is 6. The van der Waals surface area contributed by atoms with Crippen LogP contribution >= 0.6 is 0 Å². The second-order valence-corrected chi connectivity index (χ2v) is 6.78. The highest BCUT2D eigenvalue weighted by Gasteiger charge is 2.36. The molecule has 0 radical (unpaired) electrons. The van der Waals surface area contributed by atoms with Crippen LogP contribution in [0.1, 0.15) is 12.0 Å². The average Bonchev–Trinajstić information content (AvgIpc) is 2.53. The highest BCUT2D eigenvalue weighted by Crippen LogP contribution is 2.30. The lowest BCUT2D eigenvalue weighted by molar-refractivity contribution is -0.139. The minimum Gasteiger partial charge on any atom is -0.495 e. The molecule has 1 aromatic rings. The number of carbonyl (C=O) groups is 1. The van der Waals surface area contributed by atoms with Gasteiger partial charge < -0.3 is 14.6 Å². The highest BCUT2D eigenvalue weighted by molar-refractivity contribution is 7.89. The van der Waals surface area contributed by atoms with Crippen molar-refractivity contribution in [2.24, 2.45) is 0 Å². The Morgan fingerprint density at radius 3 is 2.91 bits per heavy atom. The molecule has 1 aliphatic rings. The van der Waals surface area contributed by atoms with Crippen LogP contribution in [0.15, 0.2) is 23.1 Å². The van der Waals surface area contributed by atoms with Gasteiger partial charge in [-0.25, -0.2) is 8.42 Å². The van der Waals surface area contributed by atoms with Gasteiger partial charge in [-0.2, -0.15) is 9.57 Å². The number of hydrogen-bond donors (Lipinski definition) is 1. The Balaban J connectivity index is 2.44. The summed E-state index contributed by atoms with van der Waals surface area (Å²) in [5, 5.41) is 17.8. The fraction of sp³-hybridized carbons (Fsp3) is 0.429. The van der Waals surface area contributed by atoms with E-state index in [4.69, 9.17) is 19.8 Å². The van der Waals surface area contributed by atoms with Gasteiger partial charge in [0.15, 0.2) is 0 Å². The summed E-state index contributed by atoms with van der Waals surface area (Å²) >= 11 is 0. The van der Waals surface area contributed by atoms with Gasteiger partial charge in [0, 0.05) is 6.54 Å². The van der Waals surface area contributed by atoms with Crippen LogP contribution in [-0.4, -0.2) is 56.7 Å². The summed E-state index contributed by atoms with van der Waals surface area (Å²) in [6.07, 6.45) is -0.349. The van der Waals surface area contributed by atoms with Gasteiger partial charge in [0.2, 0.25) is 10.0 Å². The van der Waals surface area contributed by atoms with Crippen molar-refractivity contribution in [3.8, 4) is 11.8 Å². The van der Waals surface area contributed by atoms with E-state index in [0.717, 1.165) is 4.31 Å². The van der Waals surface area contributed by atoms with Gasteiger partial charge in [0.1, 0.15) is 10.6 Å². The molecule has 0 amide bonds. The number of ether oxygens (including phenoxy) is 2. The standard InChI is InChI=1S/C14H16N2O6S/c1-21-12-6-10(8-15)2-3-13(12)23(19,20)16-4-5-22-9-11(16)7-14(17)18/h2-3,6,11H,4-5,7,9H2,1H3,(H,17,18). The molecule has 0 spiro atoms. The van der Waals surface area contributed by atoms with Crippen molar-refractivity contribution >= 4 is 16.0 Å². The Hall–Kier alpha value is -2.15. The van der Waals surface area contributed by atoms with Crippen molar-refractivity contribution in [3.63, 3.8) is 0 Å². The first-order valence-electron chi connectivity index (χ1n) is 6.79. The average molecular weight is 340 g/mol. The Labute approximate surface area is 133 Å². The maximum Gasteiger partial charge on any atom is 0.305 e. The highest BCUT2D eigenvalue weighted by atomic mass is 32.2. The zero-order chi connectivity index (χ0) is 17.0. The van der Waals surface area contributed by atoms with Crippen molar-refractivity contribution in [2.45, 2.75) is 17.4 Å². The maximum absolute atomic E-state index is 12.9. The molecule has 1 heterocycles. The number of carboxylic acids is 1. The topological polar surface area (TPSA) is 117 Å². The number of methoxy groups -OCH3 is 1. The third kappa shape index (κ3) is 3.61. The lowest BCUT2D eigenvalue weighted by Gasteiger charge is -2.34. The Kier molecular flexibility index (Phi) is 5.20. The monoisotopic (exact) mass is 340 g/mol. The van der Waals surface area contributed by atoms with Crippen molar-refractivity contribution in [3.05, 3.63) is 23.8 Å². The number of nitriles is 1. The summed E-state index contributed by atoms with van der Waals surface area (Å²) in [7, 11) is -2.66. The van der Waals surface area contributed by atoms with E-state index in [1.807, 2.05) is 6.07 Å². The molecule has 8 nitrogen and oxygen atoms in total. The van der Waals surface area contributed by atoms with E-state index >= 15 is 0 Å². The van der Waals surface area contributed by atoms with Crippen molar-refractivity contribution in [1.29, 1.82) is 5.26 Å². The third-order valence-electron chi connectivity index (χ3n) is 3.46. The second-order valence-electron chi connectivity index (χ2n) is 4.92. The minimum absolute atomic E-state index is 0.0180. The fourth-order valence-corrected chi connectivity index (χ4v) is 4.13. The fourth-order valence-electron chi connectivity index (χ4n) is 2.39. The summed E-state index contributed by atoms with van der Waals surface area (Å²) in [5.74, 6) is -1.06. The number of carboxylic acid groups (broad SMARTS) is 1. The molecule has 0 saturated carbocycles. The van der Waals surface area contributed by atoms with Gasteiger partial charge in [0.05, 0.1) is 44.4 Å². The molecule has 0 aliphatic carbocycles. The summed E-state index contributed by atoms with van der Waals surface area (Å²) in [6.45, 7) is 0.265. The molecule has 1 fully saturated rings. The normalized spacial score (nSPS) is 19.0. The zero-order valence-corrected chi connectivity index (χ0v) is 13.2. The Morgan fingerprint density at radius 1 is 1.57 bits per heavy atom. The number of morpholine rings is 1. The molecule has 23 heavy (non-hydrogen) atoms. The molecule has 1 atom stereocenters. The molecule has 0 bridgehead atoms. The number of rotatable bonds is 5. The van der Waals surface area contributed by atoms with E-state index in [1.165, 1.54) is 25.3 Å². The van der Waals surface area contributed by atoms with Crippen LogP contribution in [0.4, 0.5) is 0 Å². The second kappa shape index (κ2) is 6.95. The van der Waals surface area contributed by atoms with Gasteiger partial charge in [-0.3, -0.25) is 4.79 Å². The Morgan fingerprint density at radius 2 is 2.30 bits per heavy atom. The summed E-state index contributed by atoms with van der Waals surface area (Å²) in [5.41, 5.74) is 0.268. The smallest absolute Gasteiger partial charge is 0.305 e. The summed E-state index contributed by atoms with van der Waals surface area (Å²) in [4.78, 5) is 10.8. The van der Waals surface area contributed by atoms with Gasteiger partial charge in [-0.1, -0.05) is 0 Å². The van der Waals surface area contributed by atoms with Crippen molar-refractivity contribution in [1.82, 2.24) is 4.31 Å². The van der Waals surface area contributed by atoms with Gasteiger partial charge in [-0.05, 0) is 18.2 Å². The van der Waals surface area contributed by atoms with Crippen molar-refractivity contribution < 1.29 is 27.8 Å². The third-order valence-corrected chi connectivity index (χ3v) is 5.45. The van der Waals surface area contributed by atoms with Crippen LogP contribution in [-0.2, 0) is 19.6 Å². The molecule has 0 aromatic heterocycles. The largest absolute Gasteiger partial charge is 0.495 e. The summed E-state index contributed by atoms with van der Waals surface area (Å²) < 4.78 is 37.1. The van der Waals surface area contributed by atoms with E-state index < -0.39 is 22.0 Å².